The monoisotopic (exact) mass is 361 g/mol. The van der Waals surface area contributed by atoms with Crippen LogP contribution in [0.3, 0.4) is 0 Å². The molecular formula is C13H8BrN5OS. The second-order valence-electron chi connectivity index (χ2n) is 4.46. The van der Waals surface area contributed by atoms with Crippen molar-refractivity contribution in [2.75, 3.05) is 0 Å². The van der Waals surface area contributed by atoms with Crippen molar-refractivity contribution >= 4 is 32.2 Å². The van der Waals surface area contributed by atoms with Gasteiger partial charge in [-0.2, -0.15) is 9.61 Å². The van der Waals surface area contributed by atoms with Crippen LogP contribution in [0, 0.1) is 6.92 Å². The zero-order valence-electron chi connectivity index (χ0n) is 10.8. The molecule has 4 aromatic rings. The molecule has 4 rings (SSSR count). The summed E-state index contributed by atoms with van der Waals surface area (Å²) in [6, 6.07) is 9.80. The number of rotatable bonds is 2. The van der Waals surface area contributed by atoms with Crippen molar-refractivity contribution in [1.29, 1.82) is 0 Å². The van der Waals surface area contributed by atoms with Crippen molar-refractivity contribution in [1.82, 2.24) is 25.0 Å². The Balaban J connectivity index is 1.86. The Morgan fingerprint density at radius 3 is 2.90 bits per heavy atom. The lowest BCUT2D eigenvalue weighted by atomic mass is 10.2. The molecule has 0 atom stereocenters. The Hall–Kier alpha value is -2.06. The normalized spacial score (nSPS) is 11.3. The molecule has 0 unspecified atom stereocenters. The van der Waals surface area contributed by atoms with E-state index in [9.17, 15) is 0 Å². The predicted octanol–water partition coefficient (Wildman–Crippen LogP) is 3.58. The molecule has 0 amide bonds. The molecule has 1 aromatic carbocycles. The number of hydrogen-bond donors (Lipinski definition) is 0. The molecule has 0 aliphatic carbocycles. The second-order valence-corrected chi connectivity index (χ2v) is 6.33. The molecule has 3 aromatic heterocycles. The molecule has 0 N–H and O–H groups in total. The summed E-state index contributed by atoms with van der Waals surface area (Å²) in [5, 5.41) is 17.7. The van der Waals surface area contributed by atoms with Gasteiger partial charge in [-0.05, 0) is 19.1 Å². The number of aryl methyl sites for hydroxylation is 1. The molecule has 0 fully saturated rings. The minimum absolute atomic E-state index is 0.583. The largest absolute Gasteiger partial charge is 0.361 e. The first-order chi connectivity index (χ1) is 10.2. The second kappa shape index (κ2) is 4.74. The quantitative estimate of drug-likeness (QED) is 0.545. The SMILES string of the molecule is Cc1cc(-c2nnc3sc(-c4cccc(Br)c4)nn23)no1. The molecule has 6 nitrogen and oxygen atoms in total. The van der Waals surface area contributed by atoms with Crippen LogP contribution < -0.4 is 0 Å². The topological polar surface area (TPSA) is 69.1 Å². The van der Waals surface area contributed by atoms with E-state index >= 15 is 0 Å². The predicted molar refractivity (Wildman–Crippen MR) is 82.0 cm³/mol. The fraction of sp³-hybridized carbons (Fsp3) is 0.0769. The Morgan fingerprint density at radius 2 is 2.14 bits per heavy atom. The molecule has 21 heavy (non-hydrogen) atoms. The number of benzene rings is 1. The van der Waals surface area contributed by atoms with Crippen LogP contribution >= 0.6 is 27.3 Å². The fourth-order valence-corrected chi connectivity index (χ4v) is 3.22. The summed E-state index contributed by atoms with van der Waals surface area (Å²) in [5.41, 5.74) is 1.66. The van der Waals surface area contributed by atoms with E-state index in [0.29, 0.717) is 11.5 Å². The van der Waals surface area contributed by atoms with Gasteiger partial charge in [0.1, 0.15) is 10.8 Å². The summed E-state index contributed by atoms with van der Waals surface area (Å²) < 4.78 is 7.79. The van der Waals surface area contributed by atoms with E-state index < -0.39 is 0 Å². The van der Waals surface area contributed by atoms with Crippen molar-refractivity contribution in [2.24, 2.45) is 0 Å². The number of halogens is 1. The minimum atomic E-state index is 0.583. The van der Waals surface area contributed by atoms with Crippen molar-refractivity contribution < 1.29 is 4.52 Å². The van der Waals surface area contributed by atoms with Crippen LogP contribution in [0.15, 0.2) is 39.3 Å². The van der Waals surface area contributed by atoms with E-state index in [1.165, 1.54) is 11.3 Å². The summed E-state index contributed by atoms with van der Waals surface area (Å²) >= 11 is 4.95. The number of aromatic nitrogens is 5. The summed E-state index contributed by atoms with van der Waals surface area (Å²) in [6.45, 7) is 1.84. The third-order valence-corrected chi connectivity index (χ3v) is 4.36. The third kappa shape index (κ3) is 2.16. The maximum atomic E-state index is 5.08. The lowest BCUT2D eigenvalue weighted by Crippen LogP contribution is -1.90. The Bertz CT molecular complexity index is 941. The molecule has 8 heteroatoms. The van der Waals surface area contributed by atoms with Crippen molar-refractivity contribution in [2.45, 2.75) is 6.92 Å². The van der Waals surface area contributed by atoms with Gasteiger partial charge in [-0.15, -0.1) is 10.2 Å². The van der Waals surface area contributed by atoms with Gasteiger partial charge in [-0.25, -0.2) is 0 Å². The van der Waals surface area contributed by atoms with Crippen molar-refractivity contribution in [3.63, 3.8) is 0 Å². The van der Waals surface area contributed by atoms with Crippen molar-refractivity contribution in [3.8, 4) is 22.1 Å². The molecule has 0 radical (unpaired) electrons. The van der Waals surface area contributed by atoms with Gasteiger partial charge >= 0.3 is 0 Å². The molecule has 0 saturated heterocycles. The summed E-state index contributed by atoms with van der Waals surface area (Å²) in [5.74, 6) is 1.31. The lowest BCUT2D eigenvalue weighted by molar-refractivity contribution is 0.399. The molecule has 0 aliphatic heterocycles. The van der Waals surface area contributed by atoms with Crippen LogP contribution in [0.25, 0.3) is 27.1 Å². The highest BCUT2D eigenvalue weighted by atomic mass is 79.9. The van der Waals surface area contributed by atoms with E-state index in [1.54, 1.807) is 4.52 Å². The number of nitrogens with zero attached hydrogens (tertiary/aromatic N) is 5. The first kappa shape index (κ1) is 12.7. The number of hydrogen-bond acceptors (Lipinski definition) is 6. The zero-order chi connectivity index (χ0) is 14.4. The maximum absolute atomic E-state index is 5.08. The Morgan fingerprint density at radius 1 is 1.24 bits per heavy atom. The van der Waals surface area contributed by atoms with Gasteiger partial charge in [-0.1, -0.05) is 44.6 Å². The standard InChI is InChI=1S/C13H8BrN5OS/c1-7-5-10(18-20-7)11-15-16-13-19(11)17-12(21-13)8-3-2-4-9(14)6-8/h2-6H,1H3. The van der Waals surface area contributed by atoms with Crippen LogP contribution in [0.4, 0.5) is 0 Å². The van der Waals surface area contributed by atoms with Gasteiger partial charge in [0.25, 0.3) is 0 Å². The number of fused-ring (bicyclic) bond motifs is 1. The summed E-state index contributed by atoms with van der Waals surface area (Å²) in [4.78, 5) is 0.723. The fourth-order valence-electron chi connectivity index (χ4n) is 1.99. The van der Waals surface area contributed by atoms with E-state index in [-0.39, 0.29) is 0 Å². The van der Waals surface area contributed by atoms with Gasteiger partial charge in [0.2, 0.25) is 10.8 Å². The molecule has 0 spiro atoms. The molecule has 3 heterocycles. The average molecular weight is 362 g/mol. The summed E-state index contributed by atoms with van der Waals surface area (Å²) in [6.07, 6.45) is 0. The van der Waals surface area contributed by atoms with Gasteiger partial charge < -0.3 is 4.52 Å². The van der Waals surface area contributed by atoms with Crippen LogP contribution in [-0.2, 0) is 0 Å². The molecule has 0 aliphatic rings. The summed E-state index contributed by atoms with van der Waals surface area (Å²) in [7, 11) is 0. The van der Waals surface area contributed by atoms with E-state index in [4.69, 9.17) is 4.52 Å². The molecule has 0 bridgehead atoms. The van der Waals surface area contributed by atoms with Crippen LogP contribution in [0.5, 0.6) is 0 Å². The van der Waals surface area contributed by atoms with E-state index in [0.717, 1.165) is 25.8 Å². The first-order valence-electron chi connectivity index (χ1n) is 6.12. The van der Waals surface area contributed by atoms with Crippen LogP contribution in [-0.4, -0.2) is 25.0 Å². The lowest BCUT2D eigenvalue weighted by Gasteiger charge is -1.95. The Kier molecular flexibility index (Phi) is 2.86. The zero-order valence-corrected chi connectivity index (χ0v) is 13.2. The Labute approximate surface area is 131 Å². The van der Waals surface area contributed by atoms with Gasteiger partial charge in [0.15, 0.2) is 5.69 Å². The van der Waals surface area contributed by atoms with Crippen molar-refractivity contribution in [3.05, 3.63) is 40.6 Å². The average Bonchev–Trinajstić information content (AvgIpc) is 3.13. The van der Waals surface area contributed by atoms with Gasteiger partial charge in [-0.3, -0.25) is 0 Å². The third-order valence-electron chi connectivity index (χ3n) is 2.92. The van der Waals surface area contributed by atoms with E-state index in [1.807, 2.05) is 37.3 Å². The molecule has 0 saturated carbocycles. The van der Waals surface area contributed by atoms with Crippen LogP contribution in [0.2, 0.25) is 0 Å². The molecule has 104 valence electrons. The highest BCUT2D eigenvalue weighted by Gasteiger charge is 2.17. The maximum Gasteiger partial charge on any atom is 0.235 e. The highest BCUT2D eigenvalue weighted by molar-refractivity contribution is 9.10. The molecular weight excluding hydrogens is 354 g/mol. The van der Waals surface area contributed by atoms with Gasteiger partial charge in [0.05, 0.1) is 0 Å². The van der Waals surface area contributed by atoms with Gasteiger partial charge in [0, 0.05) is 16.1 Å². The van der Waals surface area contributed by atoms with E-state index in [2.05, 4.69) is 36.4 Å². The smallest absolute Gasteiger partial charge is 0.235 e. The minimum Gasteiger partial charge on any atom is -0.361 e. The highest BCUT2D eigenvalue weighted by Crippen LogP contribution is 2.29. The first-order valence-corrected chi connectivity index (χ1v) is 7.73. The van der Waals surface area contributed by atoms with Crippen LogP contribution in [0.1, 0.15) is 5.76 Å².